The quantitative estimate of drug-likeness (QED) is 0.260. The van der Waals surface area contributed by atoms with Gasteiger partial charge >= 0.3 is 12.2 Å². The lowest BCUT2D eigenvalue weighted by Crippen LogP contribution is -2.47. The van der Waals surface area contributed by atoms with Crippen molar-refractivity contribution in [3.05, 3.63) is 28.3 Å². The fourth-order valence-corrected chi connectivity index (χ4v) is 4.93. The molecular formula is C29H41ClN2O9. The topological polar surface area (TPSA) is 130 Å². The number of hydrogen-bond acceptors (Lipinski definition) is 9. The van der Waals surface area contributed by atoms with Crippen LogP contribution in [0.15, 0.2) is 12.1 Å². The Morgan fingerprint density at radius 2 is 1.68 bits per heavy atom. The maximum atomic E-state index is 13.1. The van der Waals surface area contributed by atoms with Gasteiger partial charge in [-0.3, -0.25) is 9.59 Å². The summed E-state index contributed by atoms with van der Waals surface area (Å²) >= 11 is 6.41. The van der Waals surface area contributed by atoms with Crippen molar-refractivity contribution in [3.8, 4) is 5.75 Å². The van der Waals surface area contributed by atoms with E-state index in [2.05, 4.69) is 5.32 Å². The third-order valence-corrected chi connectivity index (χ3v) is 6.78. The monoisotopic (exact) mass is 596 g/mol. The fraction of sp³-hybridized carbons (Fsp3) is 0.655. The molecular weight excluding hydrogens is 556 g/mol. The number of benzene rings is 1. The van der Waals surface area contributed by atoms with E-state index in [1.54, 1.807) is 60.3 Å². The summed E-state index contributed by atoms with van der Waals surface area (Å²) in [4.78, 5) is 52.1. The molecule has 1 aromatic rings. The van der Waals surface area contributed by atoms with Gasteiger partial charge in [0.25, 0.3) is 5.91 Å². The van der Waals surface area contributed by atoms with Crippen LogP contribution in [0.2, 0.25) is 5.02 Å². The van der Waals surface area contributed by atoms with Gasteiger partial charge in [0.1, 0.15) is 17.0 Å². The number of aldehydes is 1. The van der Waals surface area contributed by atoms with E-state index < -0.39 is 41.4 Å². The van der Waals surface area contributed by atoms with Gasteiger partial charge in [0.15, 0.2) is 18.2 Å². The van der Waals surface area contributed by atoms with Crippen molar-refractivity contribution < 1.29 is 42.9 Å². The highest BCUT2D eigenvalue weighted by Gasteiger charge is 2.41. The first kappa shape index (κ1) is 32.6. The summed E-state index contributed by atoms with van der Waals surface area (Å²) in [6, 6.07) is 2.11. The SMILES string of the molecule is CC(C)(C)OC(=O)NC(c1cc(Cl)c(C=O)cc1OC(=O)OC(C)(C)C)C1CCN(C(=O)[C@H]2COC(C)(C)O2)CC1. The summed E-state index contributed by atoms with van der Waals surface area (Å²) in [6.07, 6.45) is -0.787. The van der Waals surface area contributed by atoms with Crippen molar-refractivity contribution in [3.63, 3.8) is 0 Å². The summed E-state index contributed by atoms with van der Waals surface area (Å²) in [7, 11) is 0. The number of nitrogens with one attached hydrogen (secondary N) is 1. The van der Waals surface area contributed by atoms with E-state index in [0.29, 0.717) is 37.8 Å². The lowest BCUT2D eigenvalue weighted by molar-refractivity contribution is -0.161. The molecule has 3 rings (SSSR count). The average molecular weight is 597 g/mol. The van der Waals surface area contributed by atoms with Gasteiger partial charge in [0.05, 0.1) is 17.7 Å². The third kappa shape index (κ3) is 9.31. The molecule has 12 heteroatoms. The Morgan fingerprint density at radius 3 is 2.20 bits per heavy atom. The predicted octanol–water partition coefficient (Wildman–Crippen LogP) is 5.42. The lowest BCUT2D eigenvalue weighted by atomic mass is 9.84. The maximum Gasteiger partial charge on any atom is 0.514 e. The van der Waals surface area contributed by atoms with Gasteiger partial charge in [-0.05, 0) is 86.3 Å². The van der Waals surface area contributed by atoms with Crippen LogP contribution in [0.25, 0.3) is 0 Å². The molecule has 1 unspecified atom stereocenters. The first-order valence-corrected chi connectivity index (χ1v) is 14.0. The van der Waals surface area contributed by atoms with Gasteiger partial charge in [-0.25, -0.2) is 9.59 Å². The highest BCUT2D eigenvalue weighted by molar-refractivity contribution is 6.33. The summed E-state index contributed by atoms with van der Waals surface area (Å²) in [5, 5.41) is 3.03. The molecule has 2 saturated heterocycles. The zero-order chi connectivity index (χ0) is 30.8. The summed E-state index contributed by atoms with van der Waals surface area (Å²) in [5.41, 5.74) is -1.12. The zero-order valence-electron chi connectivity index (χ0n) is 25.0. The second-order valence-corrected chi connectivity index (χ2v) is 13.1. The normalized spacial score (nSPS) is 20.2. The molecule has 0 spiro atoms. The second-order valence-electron chi connectivity index (χ2n) is 12.7. The van der Waals surface area contributed by atoms with Gasteiger partial charge in [-0.2, -0.15) is 0 Å². The molecule has 0 aliphatic carbocycles. The number of ether oxygens (including phenoxy) is 5. The molecule has 0 saturated carbocycles. The number of halogens is 1. The number of likely N-dealkylation sites (tertiary alicyclic amines) is 1. The molecule has 41 heavy (non-hydrogen) atoms. The number of carbonyl (C=O) groups is 4. The van der Waals surface area contributed by atoms with Crippen LogP contribution in [0.4, 0.5) is 9.59 Å². The van der Waals surface area contributed by atoms with Gasteiger partial charge in [-0.1, -0.05) is 11.6 Å². The molecule has 2 heterocycles. The first-order chi connectivity index (χ1) is 18.9. The van der Waals surface area contributed by atoms with Crippen LogP contribution >= 0.6 is 11.6 Å². The van der Waals surface area contributed by atoms with Gasteiger partial charge in [0.2, 0.25) is 0 Å². The summed E-state index contributed by atoms with van der Waals surface area (Å²) in [6.45, 7) is 14.8. The van der Waals surface area contributed by atoms with Crippen molar-refractivity contribution in [2.75, 3.05) is 19.7 Å². The highest BCUT2D eigenvalue weighted by atomic mass is 35.5. The third-order valence-electron chi connectivity index (χ3n) is 6.45. The van der Waals surface area contributed by atoms with E-state index >= 15 is 0 Å². The average Bonchev–Trinajstić information content (AvgIpc) is 3.20. The van der Waals surface area contributed by atoms with Crippen molar-refractivity contribution >= 4 is 36.0 Å². The summed E-state index contributed by atoms with van der Waals surface area (Å²) < 4.78 is 27.7. The Bertz CT molecular complexity index is 1150. The van der Waals surface area contributed by atoms with Crippen LogP contribution in [-0.2, 0) is 23.7 Å². The van der Waals surface area contributed by atoms with Crippen LogP contribution < -0.4 is 10.1 Å². The molecule has 2 aliphatic rings. The maximum absolute atomic E-state index is 13.1. The van der Waals surface area contributed by atoms with Crippen LogP contribution in [0.5, 0.6) is 5.75 Å². The van der Waals surface area contributed by atoms with Gasteiger partial charge in [-0.15, -0.1) is 0 Å². The van der Waals surface area contributed by atoms with Gasteiger partial charge in [0, 0.05) is 24.2 Å². The molecule has 1 N–H and O–H groups in total. The number of nitrogens with zero attached hydrogens (tertiary/aromatic N) is 1. The van der Waals surface area contributed by atoms with E-state index in [0.717, 1.165) is 0 Å². The zero-order valence-corrected chi connectivity index (χ0v) is 25.8. The van der Waals surface area contributed by atoms with Crippen LogP contribution in [-0.4, -0.2) is 72.1 Å². The van der Waals surface area contributed by atoms with Crippen molar-refractivity contribution in [2.24, 2.45) is 5.92 Å². The largest absolute Gasteiger partial charge is 0.514 e. The minimum absolute atomic E-state index is 0.0176. The summed E-state index contributed by atoms with van der Waals surface area (Å²) in [5.74, 6) is -1.16. The molecule has 11 nitrogen and oxygen atoms in total. The Labute approximate surface area is 246 Å². The number of hydrogen-bond donors (Lipinski definition) is 1. The molecule has 0 bridgehead atoms. The Morgan fingerprint density at radius 1 is 1.07 bits per heavy atom. The molecule has 0 radical (unpaired) electrons. The lowest BCUT2D eigenvalue weighted by Gasteiger charge is -2.38. The van der Waals surface area contributed by atoms with E-state index in [1.807, 2.05) is 0 Å². The standard InChI is InChI=1S/C29H41ClN2O9/c1-27(2,3)40-25(35)31-23(17-9-11-32(12-10-17)24(34)22-16-37-29(7,8)39-22)19-14-20(30)18(15-33)13-21(19)38-26(36)41-28(4,5)6/h13-15,17,22-23H,9-12,16H2,1-8H3,(H,31,35)/t22-,23?/m1/s1. The van der Waals surface area contributed by atoms with Crippen molar-refractivity contribution in [1.82, 2.24) is 10.2 Å². The number of alkyl carbamates (subject to hydrolysis) is 1. The van der Waals surface area contributed by atoms with E-state index in [4.69, 9.17) is 35.3 Å². The van der Waals surface area contributed by atoms with Crippen LogP contribution in [0.3, 0.4) is 0 Å². The van der Waals surface area contributed by atoms with Crippen LogP contribution in [0, 0.1) is 5.92 Å². The van der Waals surface area contributed by atoms with Crippen molar-refractivity contribution in [1.29, 1.82) is 0 Å². The minimum atomic E-state index is -0.976. The Kier molecular flexibility index (Phi) is 9.98. The second kappa shape index (κ2) is 12.5. The molecule has 0 aromatic heterocycles. The molecule has 2 amide bonds. The fourth-order valence-electron chi connectivity index (χ4n) is 4.72. The molecule has 2 atom stereocenters. The van der Waals surface area contributed by atoms with E-state index in [9.17, 15) is 19.2 Å². The minimum Gasteiger partial charge on any atom is -0.444 e. The van der Waals surface area contributed by atoms with E-state index in [-0.39, 0.29) is 34.8 Å². The molecule has 1 aromatic carbocycles. The number of piperidine rings is 1. The first-order valence-electron chi connectivity index (χ1n) is 13.7. The highest BCUT2D eigenvalue weighted by Crippen LogP contribution is 2.39. The smallest absolute Gasteiger partial charge is 0.444 e. The van der Waals surface area contributed by atoms with E-state index in [1.165, 1.54) is 12.1 Å². The van der Waals surface area contributed by atoms with Crippen LogP contribution in [0.1, 0.15) is 90.2 Å². The number of amides is 2. The molecule has 2 aliphatic heterocycles. The predicted molar refractivity (Wildman–Crippen MR) is 150 cm³/mol. The Hall–Kier alpha value is -2.89. The molecule has 2 fully saturated rings. The van der Waals surface area contributed by atoms with Gasteiger partial charge < -0.3 is 33.9 Å². The molecule has 228 valence electrons. The number of rotatable bonds is 6. The number of carbonyl (C=O) groups excluding carboxylic acids is 4. The van der Waals surface area contributed by atoms with Crippen molar-refractivity contribution in [2.45, 2.75) is 97.4 Å². The Balaban J connectivity index is 1.90.